The fourth-order valence-electron chi connectivity index (χ4n) is 2.92. The van der Waals surface area contributed by atoms with Gasteiger partial charge in [-0.25, -0.2) is 0 Å². The average Bonchev–Trinajstić information content (AvgIpc) is 2.94. The van der Waals surface area contributed by atoms with Crippen molar-refractivity contribution in [1.29, 1.82) is 0 Å². The van der Waals surface area contributed by atoms with E-state index < -0.39 is 0 Å². The van der Waals surface area contributed by atoms with Crippen molar-refractivity contribution in [3.63, 3.8) is 0 Å². The maximum atomic E-state index is 4.68. The predicted octanol–water partition coefficient (Wildman–Crippen LogP) is 2.15. The van der Waals surface area contributed by atoms with Crippen LogP contribution in [0.25, 0.3) is 0 Å². The number of nitrogens with zero attached hydrogens (tertiary/aromatic N) is 2. The second-order valence-corrected chi connectivity index (χ2v) is 5.16. The van der Waals surface area contributed by atoms with Crippen LogP contribution in [0.4, 0.5) is 5.69 Å². The standard InChI is InChI=1S/C14H21N3/c1-2-10-17(9-1)13-3-4-14(16-11-13)12-5-7-15-8-6-12/h3-4,11-12,15H,1-2,5-10H2. The van der Waals surface area contributed by atoms with E-state index in [1.807, 2.05) is 0 Å². The SMILES string of the molecule is c1cc(C2CCNCC2)ncc1N1CCCC1. The number of pyridine rings is 1. The van der Waals surface area contributed by atoms with Crippen LogP contribution in [-0.2, 0) is 0 Å². The average molecular weight is 231 g/mol. The Balaban J connectivity index is 1.70. The normalized spacial score (nSPS) is 22.0. The third-order valence-electron chi connectivity index (χ3n) is 4.00. The highest BCUT2D eigenvalue weighted by atomic mass is 15.1. The molecule has 1 aromatic heterocycles. The van der Waals surface area contributed by atoms with Gasteiger partial charge in [0.15, 0.2) is 0 Å². The maximum absolute atomic E-state index is 4.68. The molecule has 1 aromatic rings. The first kappa shape index (κ1) is 11.0. The molecule has 0 bridgehead atoms. The number of rotatable bonds is 2. The minimum atomic E-state index is 0.670. The van der Waals surface area contributed by atoms with E-state index in [4.69, 9.17) is 0 Å². The minimum Gasteiger partial charge on any atom is -0.370 e. The lowest BCUT2D eigenvalue weighted by molar-refractivity contribution is 0.453. The molecular formula is C14H21N3. The Kier molecular flexibility index (Phi) is 3.27. The highest BCUT2D eigenvalue weighted by Crippen LogP contribution is 2.26. The minimum absolute atomic E-state index is 0.670. The fraction of sp³-hybridized carbons (Fsp3) is 0.643. The molecule has 92 valence electrons. The molecule has 0 saturated carbocycles. The van der Waals surface area contributed by atoms with Crippen molar-refractivity contribution in [3.8, 4) is 0 Å². The van der Waals surface area contributed by atoms with Crippen molar-refractivity contribution in [1.82, 2.24) is 10.3 Å². The third-order valence-corrected chi connectivity index (χ3v) is 4.00. The number of nitrogens with one attached hydrogen (secondary N) is 1. The first-order valence-electron chi connectivity index (χ1n) is 6.85. The summed E-state index contributed by atoms with van der Waals surface area (Å²) in [4.78, 5) is 7.12. The van der Waals surface area contributed by atoms with Gasteiger partial charge in [0.05, 0.1) is 11.9 Å². The van der Waals surface area contributed by atoms with Crippen LogP contribution in [0.2, 0.25) is 0 Å². The Morgan fingerprint density at radius 2 is 1.88 bits per heavy atom. The molecule has 0 amide bonds. The van der Waals surface area contributed by atoms with E-state index in [9.17, 15) is 0 Å². The first-order valence-corrected chi connectivity index (χ1v) is 6.85. The molecule has 3 heterocycles. The third kappa shape index (κ3) is 2.44. The zero-order chi connectivity index (χ0) is 11.5. The quantitative estimate of drug-likeness (QED) is 0.845. The second kappa shape index (κ2) is 5.05. The molecule has 0 spiro atoms. The van der Waals surface area contributed by atoms with Gasteiger partial charge >= 0.3 is 0 Å². The molecule has 3 heteroatoms. The van der Waals surface area contributed by atoms with Crippen LogP contribution in [0, 0.1) is 0 Å². The summed E-state index contributed by atoms with van der Waals surface area (Å²) >= 11 is 0. The lowest BCUT2D eigenvalue weighted by atomic mass is 9.94. The summed E-state index contributed by atoms with van der Waals surface area (Å²) in [6, 6.07) is 4.50. The Morgan fingerprint density at radius 1 is 1.12 bits per heavy atom. The number of piperidine rings is 1. The van der Waals surface area contributed by atoms with Gasteiger partial charge in [-0.1, -0.05) is 0 Å². The second-order valence-electron chi connectivity index (χ2n) is 5.16. The van der Waals surface area contributed by atoms with Gasteiger partial charge < -0.3 is 10.2 Å². The van der Waals surface area contributed by atoms with Gasteiger partial charge in [0.25, 0.3) is 0 Å². The summed E-state index contributed by atoms with van der Waals surface area (Å²) in [7, 11) is 0. The molecule has 2 saturated heterocycles. The number of anilines is 1. The molecule has 0 unspecified atom stereocenters. The van der Waals surface area contributed by atoms with Gasteiger partial charge in [-0.2, -0.15) is 0 Å². The van der Waals surface area contributed by atoms with Crippen LogP contribution in [0.1, 0.15) is 37.3 Å². The molecule has 2 aliphatic rings. The Bertz CT molecular complexity index is 348. The van der Waals surface area contributed by atoms with E-state index in [0.717, 1.165) is 13.1 Å². The van der Waals surface area contributed by atoms with Crippen molar-refractivity contribution in [2.24, 2.45) is 0 Å². The predicted molar refractivity (Wildman–Crippen MR) is 70.5 cm³/mol. The molecule has 0 aromatic carbocycles. The maximum Gasteiger partial charge on any atom is 0.0552 e. The summed E-state index contributed by atoms with van der Waals surface area (Å²) in [6.45, 7) is 4.68. The highest BCUT2D eigenvalue weighted by Gasteiger charge is 2.17. The molecule has 2 fully saturated rings. The number of hydrogen-bond acceptors (Lipinski definition) is 3. The van der Waals surface area contributed by atoms with Gasteiger partial charge in [0, 0.05) is 24.7 Å². The monoisotopic (exact) mass is 231 g/mol. The molecule has 1 N–H and O–H groups in total. The summed E-state index contributed by atoms with van der Waals surface area (Å²) < 4.78 is 0. The van der Waals surface area contributed by atoms with E-state index in [1.165, 1.54) is 50.2 Å². The first-order chi connectivity index (χ1) is 8.43. The summed E-state index contributed by atoms with van der Waals surface area (Å²) in [5.74, 6) is 0.670. The molecule has 3 nitrogen and oxygen atoms in total. The highest BCUT2D eigenvalue weighted by molar-refractivity contribution is 5.45. The van der Waals surface area contributed by atoms with Crippen molar-refractivity contribution < 1.29 is 0 Å². The zero-order valence-corrected chi connectivity index (χ0v) is 10.4. The summed E-state index contributed by atoms with van der Waals surface area (Å²) in [6.07, 6.45) is 7.20. The molecular weight excluding hydrogens is 210 g/mol. The van der Waals surface area contributed by atoms with E-state index in [1.54, 1.807) is 0 Å². The van der Waals surface area contributed by atoms with Gasteiger partial charge in [-0.05, 0) is 50.9 Å². The Morgan fingerprint density at radius 3 is 2.53 bits per heavy atom. The van der Waals surface area contributed by atoms with Gasteiger partial charge in [0.2, 0.25) is 0 Å². The van der Waals surface area contributed by atoms with E-state index in [-0.39, 0.29) is 0 Å². The molecule has 0 aliphatic carbocycles. The molecule has 2 aliphatic heterocycles. The van der Waals surface area contributed by atoms with Crippen molar-refractivity contribution >= 4 is 5.69 Å². The lowest BCUT2D eigenvalue weighted by Gasteiger charge is -2.23. The molecule has 3 rings (SSSR count). The topological polar surface area (TPSA) is 28.2 Å². The summed E-state index contributed by atoms with van der Waals surface area (Å²) in [5, 5.41) is 3.40. The van der Waals surface area contributed by atoms with E-state index >= 15 is 0 Å². The smallest absolute Gasteiger partial charge is 0.0552 e. The molecule has 0 atom stereocenters. The van der Waals surface area contributed by atoms with Gasteiger partial charge in [0.1, 0.15) is 0 Å². The Labute approximate surface area is 103 Å². The molecule has 17 heavy (non-hydrogen) atoms. The largest absolute Gasteiger partial charge is 0.370 e. The van der Waals surface area contributed by atoms with Crippen LogP contribution < -0.4 is 10.2 Å². The number of aromatic nitrogens is 1. The van der Waals surface area contributed by atoms with Crippen molar-refractivity contribution in [2.45, 2.75) is 31.6 Å². The number of hydrogen-bond donors (Lipinski definition) is 1. The van der Waals surface area contributed by atoms with Crippen molar-refractivity contribution in [2.75, 3.05) is 31.1 Å². The Hall–Kier alpha value is -1.09. The van der Waals surface area contributed by atoms with E-state index in [2.05, 4.69) is 33.5 Å². The fourth-order valence-corrected chi connectivity index (χ4v) is 2.92. The molecule has 0 radical (unpaired) electrons. The van der Waals surface area contributed by atoms with Crippen LogP contribution in [0.3, 0.4) is 0 Å². The van der Waals surface area contributed by atoms with Gasteiger partial charge in [-0.3, -0.25) is 4.98 Å². The summed E-state index contributed by atoms with van der Waals surface area (Å²) in [5.41, 5.74) is 2.59. The van der Waals surface area contributed by atoms with Crippen LogP contribution in [0.15, 0.2) is 18.3 Å². The zero-order valence-electron chi connectivity index (χ0n) is 10.4. The van der Waals surface area contributed by atoms with Crippen molar-refractivity contribution in [3.05, 3.63) is 24.0 Å². The van der Waals surface area contributed by atoms with Gasteiger partial charge in [-0.15, -0.1) is 0 Å². The lowest BCUT2D eigenvalue weighted by Crippen LogP contribution is -2.27. The van der Waals surface area contributed by atoms with Crippen LogP contribution in [-0.4, -0.2) is 31.2 Å². The van der Waals surface area contributed by atoms with Crippen LogP contribution >= 0.6 is 0 Å². The van der Waals surface area contributed by atoms with Crippen LogP contribution in [0.5, 0.6) is 0 Å². The van der Waals surface area contributed by atoms with E-state index in [0.29, 0.717) is 5.92 Å².